The molecule has 0 aliphatic heterocycles. The first-order valence-electron chi connectivity index (χ1n) is 7.95. The van der Waals surface area contributed by atoms with Crippen molar-refractivity contribution >= 4 is 26.7 Å². The first-order valence-corrected chi connectivity index (χ1v) is 8.87. The SMILES string of the molecule is BrC(Cc1cccc2ccccc12)C1CCCCCC1. The second kappa shape index (κ2) is 6.76. The lowest BCUT2D eigenvalue weighted by Gasteiger charge is -2.21. The highest BCUT2D eigenvalue weighted by Crippen LogP contribution is 2.32. The van der Waals surface area contributed by atoms with Crippen molar-refractivity contribution < 1.29 is 0 Å². The highest BCUT2D eigenvalue weighted by molar-refractivity contribution is 9.09. The van der Waals surface area contributed by atoms with Gasteiger partial charge in [-0.1, -0.05) is 84.1 Å². The van der Waals surface area contributed by atoms with Crippen molar-refractivity contribution in [2.24, 2.45) is 5.92 Å². The molecule has 1 aliphatic rings. The van der Waals surface area contributed by atoms with Gasteiger partial charge in [-0.05, 0) is 41.5 Å². The first kappa shape index (κ1) is 14.1. The van der Waals surface area contributed by atoms with Gasteiger partial charge in [0.05, 0.1) is 0 Å². The monoisotopic (exact) mass is 330 g/mol. The molecule has 2 aromatic carbocycles. The van der Waals surface area contributed by atoms with Crippen molar-refractivity contribution in [3.63, 3.8) is 0 Å². The van der Waals surface area contributed by atoms with E-state index in [1.807, 2.05) is 0 Å². The van der Waals surface area contributed by atoms with E-state index in [-0.39, 0.29) is 0 Å². The molecule has 0 saturated heterocycles. The van der Waals surface area contributed by atoms with Gasteiger partial charge in [-0.3, -0.25) is 0 Å². The summed E-state index contributed by atoms with van der Waals surface area (Å²) in [5.74, 6) is 0.858. The number of rotatable bonds is 3. The van der Waals surface area contributed by atoms with Gasteiger partial charge in [0.2, 0.25) is 0 Å². The number of alkyl halides is 1. The third-order valence-corrected chi connectivity index (χ3v) is 5.78. The summed E-state index contributed by atoms with van der Waals surface area (Å²) in [5, 5.41) is 2.79. The van der Waals surface area contributed by atoms with Crippen LogP contribution in [0.4, 0.5) is 0 Å². The van der Waals surface area contributed by atoms with Crippen LogP contribution in [0.3, 0.4) is 0 Å². The Morgan fingerprint density at radius 1 is 0.900 bits per heavy atom. The van der Waals surface area contributed by atoms with Gasteiger partial charge >= 0.3 is 0 Å². The van der Waals surface area contributed by atoms with Crippen LogP contribution < -0.4 is 0 Å². The van der Waals surface area contributed by atoms with Crippen LogP contribution in [0, 0.1) is 5.92 Å². The van der Waals surface area contributed by atoms with Crippen molar-refractivity contribution in [3.8, 4) is 0 Å². The van der Waals surface area contributed by atoms with Crippen molar-refractivity contribution in [1.29, 1.82) is 0 Å². The Balaban J connectivity index is 1.78. The summed E-state index contributed by atoms with van der Waals surface area (Å²) >= 11 is 4.00. The van der Waals surface area contributed by atoms with Gasteiger partial charge in [-0.2, -0.15) is 0 Å². The molecule has 0 radical (unpaired) electrons. The minimum absolute atomic E-state index is 0.631. The Bertz CT molecular complexity index is 547. The third kappa shape index (κ3) is 3.25. The quantitative estimate of drug-likeness (QED) is 0.470. The molecule has 0 aromatic heterocycles. The van der Waals surface area contributed by atoms with Gasteiger partial charge in [0.25, 0.3) is 0 Å². The molecule has 1 atom stereocenters. The van der Waals surface area contributed by atoms with E-state index in [1.54, 1.807) is 0 Å². The Hall–Kier alpha value is -0.820. The molecule has 1 heteroatoms. The van der Waals surface area contributed by atoms with E-state index >= 15 is 0 Å². The fourth-order valence-electron chi connectivity index (χ4n) is 3.52. The molecule has 0 bridgehead atoms. The summed E-state index contributed by atoms with van der Waals surface area (Å²) in [6, 6.07) is 15.5. The van der Waals surface area contributed by atoms with Crippen molar-refractivity contribution in [3.05, 3.63) is 48.0 Å². The van der Waals surface area contributed by atoms with E-state index in [9.17, 15) is 0 Å². The fourth-order valence-corrected chi connectivity index (χ4v) is 4.40. The number of fused-ring (bicyclic) bond motifs is 1. The number of hydrogen-bond acceptors (Lipinski definition) is 0. The molecule has 0 N–H and O–H groups in total. The average molecular weight is 331 g/mol. The molecular weight excluding hydrogens is 308 g/mol. The van der Waals surface area contributed by atoms with Gasteiger partial charge in [-0.15, -0.1) is 0 Å². The minimum atomic E-state index is 0.631. The number of benzene rings is 2. The van der Waals surface area contributed by atoms with Crippen molar-refractivity contribution in [2.45, 2.75) is 49.8 Å². The molecular formula is C19H23Br. The highest BCUT2D eigenvalue weighted by atomic mass is 79.9. The zero-order chi connectivity index (χ0) is 13.8. The third-order valence-electron chi connectivity index (χ3n) is 4.71. The Morgan fingerprint density at radius 3 is 2.40 bits per heavy atom. The summed E-state index contributed by atoms with van der Waals surface area (Å²) in [6.45, 7) is 0. The van der Waals surface area contributed by atoms with Crippen molar-refractivity contribution in [1.82, 2.24) is 0 Å². The minimum Gasteiger partial charge on any atom is -0.0884 e. The van der Waals surface area contributed by atoms with Gasteiger partial charge in [0, 0.05) is 4.83 Å². The van der Waals surface area contributed by atoms with Gasteiger partial charge in [0.1, 0.15) is 0 Å². The van der Waals surface area contributed by atoms with E-state index in [0.717, 1.165) is 12.3 Å². The van der Waals surface area contributed by atoms with Gasteiger partial charge in [-0.25, -0.2) is 0 Å². The zero-order valence-electron chi connectivity index (χ0n) is 12.0. The van der Waals surface area contributed by atoms with E-state index in [4.69, 9.17) is 0 Å². The van der Waals surface area contributed by atoms with Gasteiger partial charge in [0.15, 0.2) is 0 Å². The maximum absolute atomic E-state index is 4.00. The molecule has 0 nitrogen and oxygen atoms in total. The second-order valence-corrected chi connectivity index (χ2v) is 7.29. The van der Waals surface area contributed by atoms with Crippen LogP contribution in [0.25, 0.3) is 10.8 Å². The molecule has 3 rings (SSSR count). The maximum atomic E-state index is 4.00. The predicted molar refractivity (Wildman–Crippen MR) is 91.6 cm³/mol. The lowest BCUT2D eigenvalue weighted by atomic mass is 9.91. The molecule has 1 saturated carbocycles. The van der Waals surface area contributed by atoms with Crippen LogP contribution in [0.1, 0.15) is 44.1 Å². The first-order chi connectivity index (χ1) is 9.84. The molecule has 0 amide bonds. The van der Waals surface area contributed by atoms with E-state index in [1.165, 1.54) is 54.9 Å². The highest BCUT2D eigenvalue weighted by Gasteiger charge is 2.21. The summed E-state index contributed by atoms with van der Waals surface area (Å²) in [5.41, 5.74) is 1.49. The van der Waals surface area contributed by atoms with E-state index in [2.05, 4.69) is 58.4 Å². The predicted octanol–water partition coefficient (Wildman–Crippen LogP) is 6.12. The number of halogens is 1. The molecule has 20 heavy (non-hydrogen) atoms. The standard InChI is InChI=1S/C19H23Br/c20-19(16-9-3-1-2-4-10-16)14-17-12-7-11-15-8-5-6-13-18(15)17/h5-8,11-13,16,19H,1-4,9-10,14H2. The largest absolute Gasteiger partial charge is 0.0884 e. The smallest absolute Gasteiger partial charge is 0.0214 e. The second-order valence-electron chi connectivity index (χ2n) is 6.11. The van der Waals surface area contributed by atoms with Crippen molar-refractivity contribution in [2.75, 3.05) is 0 Å². The summed E-state index contributed by atoms with van der Waals surface area (Å²) < 4.78 is 0. The molecule has 1 fully saturated rings. The lowest BCUT2D eigenvalue weighted by molar-refractivity contribution is 0.446. The molecule has 0 heterocycles. The van der Waals surface area contributed by atoms with Crippen LogP contribution in [-0.4, -0.2) is 4.83 Å². The van der Waals surface area contributed by atoms with Crippen LogP contribution in [0.15, 0.2) is 42.5 Å². The maximum Gasteiger partial charge on any atom is 0.0214 e. The summed E-state index contributed by atoms with van der Waals surface area (Å²) in [4.78, 5) is 0.631. The topological polar surface area (TPSA) is 0 Å². The van der Waals surface area contributed by atoms with Gasteiger partial charge < -0.3 is 0 Å². The zero-order valence-corrected chi connectivity index (χ0v) is 13.6. The summed E-state index contributed by atoms with van der Waals surface area (Å²) in [6.07, 6.45) is 9.67. The van der Waals surface area contributed by atoms with E-state index < -0.39 is 0 Å². The molecule has 2 aromatic rings. The van der Waals surface area contributed by atoms with Crippen LogP contribution in [-0.2, 0) is 6.42 Å². The van der Waals surface area contributed by atoms with E-state index in [0.29, 0.717) is 4.83 Å². The molecule has 1 unspecified atom stereocenters. The molecule has 106 valence electrons. The molecule has 0 spiro atoms. The van der Waals surface area contributed by atoms with Crippen LogP contribution in [0.2, 0.25) is 0 Å². The van der Waals surface area contributed by atoms with Crippen LogP contribution >= 0.6 is 15.9 Å². The average Bonchev–Trinajstić information content (AvgIpc) is 2.77. The normalized spacial score (nSPS) is 18.9. The molecule has 1 aliphatic carbocycles. The lowest BCUT2D eigenvalue weighted by Crippen LogP contribution is -2.16. The Morgan fingerprint density at radius 2 is 1.60 bits per heavy atom. The Kier molecular flexibility index (Phi) is 4.77. The number of hydrogen-bond donors (Lipinski definition) is 0. The van der Waals surface area contributed by atoms with Crippen LogP contribution in [0.5, 0.6) is 0 Å². The fraction of sp³-hybridized carbons (Fsp3) is 0.474. The Labute approximate surface area is 130 Å². The summed E-state index contributed by atoms with van der Waals surface area (Å²) in [7, 11) is 0.